The van der Waals surface area contributed by atoms with Crippen molar-refractivity contribution in [1.29, 1.82) is 0 Å². The summed E-state index contributed by atoms with van der Waals surface area (Å²) in [4.78, 5) is 0.380. The van der Waals surface area contributed by atoms with Crippen molar-refractivity contribution in [3.05, 3.63) is 34.9 Å². The fourth-order valence-electron chi connectivity index (χ4n) is 2.88. The molecule has 2 rings (SSSR count). The lowest BCUT2D eigenvalue weighted by Gasteiger charge is -2.23. The molecule has 0 saturated heterocycles. The number of alkyl halides is 4. The summed E-state index contributed by atoms with van der Waals surface area (Å²) in [6, 6.07) is 4.16. The van der Waals surface area contributed by atoms with Crippen LogP contribution in [0, 0.1) is 6.92 Å². The average molecular weight is 335 g/mol. The van der Waals surface area contributed by atoms with Crippen molar-refractivity contribution in [2.75, 3.05) is 0 Å². The van der Waals surface area contributed by atoms with Crippen LogP contribution in [0.2, 0.25) is 0 Å². The van der Waals surface area contributed by atoms with Gasteiger partial charge in [-0.3, -0.25) is 0 Å². The van der Waals surface area contributed by atoms with Crippen molar-refractivity contribution < 1.29 is 13.2 Å². The van der Waals surface area contributed by atoms with Crippen LogP contribution in [0.1, 0.15) is 54.7 Å². The fraction of sp³-hybridized carbons (Fsp3) is 0.600. The van der Waals surface area contributed by atoms with Gasteiger partial charge in [0, 0.05) is 4.83 Å². The molecule has 0 N–H and O–H groups in total. The summed E-state index contributed by atoms with van der Waals surface area (Å²) in [5, 5.41) is 0. The molecule has 1 aromatic carbocycles. The molecule has 0 spiro atoms. The molecule has 0 bridgehead atoms. The van der Waals surface area contributed by atoms with E-state index >= 15 is 0 Å². The van der Waals surface area contributed by atoms with Gasteiger partial charge in [-0.1, -0.05) is 41.3 Å². The SMILES string of the molecule is Cc1cc(C(F)(F)F)ccc1C1CCCCCC1Br. The van der Waals surface area contributed by atoms with Gasteiger partial charge in [0.05, 0.1) is 5.56 Å². The van der Waals surface area contributed by atoms with Gasteiger partial charge in [0.1, 0.15) is 0 Å². The zero-order valence-electron chi connectivity index (χ0n) is 10.9. The predicted molar refractivity (Wildman–Crippen MR) is 74.7 cm³/mol. The van der Waals surface area contributed by atoms with Crippen LogP contribution < -0.4 is 0 Å². The first kappa shape index (κ1) is 14.9. The number of hydrogen-bond donors (Lipinski definition) is 0. The first-order chi connectivity index (χ1) is 8.89. The molecule has 19 heavy (non-hydrogen) atoms. The standard InChI is InChI=1S/C15H18BrF3/c1-10-9-11(15(17,18)19)7-8-12(10)13-5-3-2-4-6-14(13)16/h7-9,13-14H,2-6H2,1H3. The number of benzene rings is 1. The van der Waals surface area contributed by atoms with Crippen molar-refractivity contribution in [1.82, 2.24) is 0 Å². The Bertz CT molecular complexity index is 440. The average Bonchev–Trinajstić information content (AvgIpc) is 2.53. The van der Waals surface area contributed by atoms with E-state index in [4.69, 9.17) is 0 Å². The van der Waals surface area contributed by atoms with E-state index in [9.17, 15) is 13.2 Å². The lowest BCUT2D eigenvalue weighted by molar-refractivity contribution is -0.137. The Hall–Kier alpha value is -0.510. The highest BCUT2D eigenvalue weighted by molar-refractivity contribution is 9.09. The number of hydrogen-bond acceptors (Lipinski definition) is 0. The Kier molecular flexibility index (Phi) is 4.59. The van der Waals surface area contributed by atoms with Crippen molar-refractivity contribution in [2.45, 2.75) is 55.9 Å². The van der Waals surface area contributed by atoms with Crippen molar-refractivity contribution in [2.24, 2.45) is 0 Å². The number of aryl methyl sites for hydroxylation is 1. The van der Waals surface area contributed by atoms with Crippen molar-refractivity contribution in [3.8, 4) is 0 Å². The Labute approximate surface area is 120 Å². The summed E-state index contributed by atoms with van der Waals surface area (Å²) in [6.45, 7) is 1.79. The maximum atomic E-state index is 12.7. The summed E-state index contributed by atoms with van der Waals surface area (Å²) >= 11 is 3.71. The molecule has 0 heterocycles. The van der Waals surface area contributed by atoms with E-state index in [1.807, 2.05) is 0 Å². The molecule has 0 radical (unpaired) electrons. The predicted octanol–water partition coefficient (Wildman–Crippen LogP) is 5.83. The second-order valence-electron chi connectivity index (χ2n) is 5.33. The van der Waals surface area contributed by atoms with Crippen LogP contribution in [-0.2, 0) is 6.18 Å². The normalized spacial score (nSPS) is 25.1. The zero-order valence-corrected chi connectivity index (χ0v) is 12.5. The van der Waals surface area contributed by atoms with E-state index in [1.165, 1.54) is 25.0 Å². The first-order valence-electron chi connectivity index (χ1n) is 6.71. The van der Waals surface area contributed by atoms with Gasteiger partial charge in [0.25, 0.3) is 0 Å². The molecule has 0 aromatic heterocycles. The van der Waals surface area contributed by atoms with Gasteiger partial charge in [-0.05, 0) is 48.9 Å². The van der Waals surface area contributed by atoms with Gasteiger partial charge >= 0.3 is 6.18 Å². The lowest BCUT2D eigenvalue weighted by Crippen LogP contribution is -2.13. The molecule has 0 amide bonds. The van der Waals surface area contributed by atoms with Gasteiger partial charge in [0.15, 0.2) is 0 Å². The number of halogens is 4. The molecule has 4 heteroatoms. The van der Waals surface area contributed by atoms with Crippen molar-refractivity contribution in [3.63, 3.8) is 0 Å². The third kappa shape index (κ3) is 3.53. The largest absolute Gasteiger partial charge is 0.416 e. The highest BCUT2D eigenvalue weighted by Gasteiger charge is 2.32. The molecule has 0 aliphatic heterocycles. The molecular formula is C15H18BrF3. The molecule has 106 valence electrons. The Morgan fingerprint density at radius 1 is 1.11 bits per heavy atom. The minimum Gasteiger partial charge on any atom is -0.166 e. The highest BCUT2D eigenvalue weighted by Crippen LogP contribution is 2.39. The molecule has 0 nitrogen and oxygen atoms in total. The van der Waals surface area contributed by atoms with E-state index < -0.39 is 11.7 Å². The third-order valence-electron chi connectivity index (χ3n) is 3.93. The minimum absolute atomic E-state index is 0.338. The summed E-state index contributed by atoms with van der Waals surface area (Å²) in [5.74, 6) is 0.338. The van der Waals surface area contributed by atoms with Crippen LogP contribution in [0.4, 0.5) is 13.2 Å². The first-order valence-corrected chi connectivity index (χ1v) is 7.63. The van der Waals surface area contributed by atoms with E-state index in [0.29, 0.717) is 10.7 Å². The topological polar surface area (TPSA) is 0 Å². The molecule has 1 fully saturated rings. The van der Waals surface area contributed by atoms with E-state index in [0.717, 1.165) is 30.4 Å². The minimum atomic E-state index is -4.25. The van der Waals surface area contributed by atoms with Gasteiger partial charge < -0.3 is 0 Å². The monoisotopic (exact) mass is 334 g/mol. The number of rotatable bonds is 1. The maximum absolute atomic E-state index is 12.7. The fourth-order valence-corrected chi connectivity index (χ4v) is 3.75. The van der Waals surface area contributed by atoms with Gasteiger partial charge in [-0.25, -0.2) is 0 Å². The van der Waals surface area contributed by atoms with Gasteiger partial charge in [0.2, 0.25) is 0 Å². The van der Waals surface area contributed by atoms with Crippen LogP contribution in [0.3, 0.4) is 0 Å². The molecule has 1 aromatic rings. The Balaban J connectivity index is 2.29. The molecular weight excluding hydrogens is 317 g/mol. The van der Waals surface area contributed by atoms with E-state index in [1.54, 1.807) is 13.0 Å². The van der Waals surface area contributed by atoms with Crippen LogP contribution in [0.5, 0.6) is 0 Å². The highest BCUT2D eigenvalue weighted by atomic mass is 79.9. The van der Waals surface area contributed by atoms with Gasteiger partial charge in [-0.15, -0.1) is 0 Å². The molecule has 2 atom stereocenters. The van der Waals surface area contributed by atoms with Crippen LogP contribution in [0.25, 0.3) is 0 Å². The Morgan fingerprint density at radius 2 is 1.79 bits per heavy atom. The van der Waals surface area contributed by atoms with Crippen molar-refractivity contribution >= 4 is 15.9 Å². The molecule has 1 saturated carbocycles. The summed E-state index contributed by atoms with van der Waals surface area (Å²) < 4.78 is 38.0. The smallest absolute Gasteiger partial charge is 0.166 e. The van der Waals surface area contributed by atoms with E-state index in [-0.39, 0.29) is 0 Å². The Morgan fingerprint density at radius 3 is 2.42 bits per heavy atom. The molecule has 1 aliphatic carbocycles. The molecule has 2 unspecified atom stereocenters. The quantitative estimate of drug-likeness (QED) is 0.448. The van der Waals surface area contributed by atoms with Crippen LogP contribution in [-0.4, -0.2) is 4.83 Å². The van der Waals surface area contributed by atoms with E-state index in [2.05, 4.69) is 15.9 Å². The second-order valence-corrected chi connectivity index (χ2v) is 6.51. The second kappa shape index (κ2) is 5.86. The third-order valence-corrected chi connectivity index (χ3v) is 5.02. The van der Waals surface area contributed by atoms with Gasteiger partial charge in [-0.2, -0.15) is 13.2 Å². The summed E-state index contributed by atoms with van der Waals surface area (Å²) in [6.07, 6.45) is 1.49. The zero-order chi connectivity index (χ0) is 14.0. The maximum Gasteiger partial charge on any atom is 0.416 e. The summed E-state index contributed by atoms with van der Waals surface area (Å²) in [7, 11) is 0. The summed E-state index contributed by atoms with van der Waals surface area (Å²) in [5.41, 5.74) is 1.27. The van der Waals surface area contributed by atoms with Crippen LogP contribution >= 0.6 is 15.9 Å². The lowest BCUT2D eigenvalue weighted by atomic mass is 9.88. The van der Waals surface area contributed by atoms with Crippen LogP contribution in [0.15, 0.2) is 18.2 Å². The molecule has 1 aliphatic rings.